The molecule has 2 aliphatic rings. The molecule has 1 atom stereocenters. The Morgan fingerprint density at radius 2 is 1.38 bits per heavy atom. The molecular weight excluding hydrogens is 447 g/mol. The number of aryl methyl sites for hydroxylation is 2. The monoisotopic (exact) mass is 498 g/mol. The zero-order valence-electron chi connectivity index (χ0n) is 22.8. The Balaban J connectivity index is 0.000000486. The van der Waals surface area contributed by atoms with Crippen molar-refractivity contribution in [1.82, 2.24) is 29.4 Å². The standard InChI is InChI=1S/C11H20N4.C5H9N2P.C5H10O2.2C2H6/c1-11-9-12-15(10-11)8-7-14-5-3-13(2)4-6-14;1-5-2-6-7(3-5)4-8;6-5-1-3-7-4-2-5;2*1-2/h9-10H,3-8H2,1-2H3;2-3H,4,8H2,1H3;5-6H,1-4H2;2*1-2H3. The fourth-order valence-corrected chi connectivity index (χ4v) is 3.36. The maximum Gasteiger partial charge on any atom is 0.0584 e. The van der Waals surface area contributed by atoms with Gasteiger partial charge in [0, 0.05) is 58.3 Å². The lowest BCUT2D eigenvalue weighted by molar-refractivity contribution is 0.0140. The highest BCUT2D eigenvalue weighted by atomic mass is 31.0. The molecule has 8 nitrogen and oxygen atoms in total. The van der Waals surface area contributed by atoms with E-state index >= 15 is 0 Å². The molecular formula is C25H51N6O2P. The van der Waals surface area contributed by atoms with Crippen LogP contribution in [0.2, 0.25) is 0 Å². The molecule has 0 amide bonds. The molecule has 2 aromatic rings. The lowest BCUT2D eigenvalue weighted by Gasteiger charge is -2.32. The van der Waals surface area contributed by atoms with E-state index in [0.717, 1.165) is 45.4 Å². The van der Waals surface area contributed by atoms with Crippen molar-refractivity contribution in [2.45, 2.75) is 73.3 Å². The molecule has 0 bridgehead atoms. The topological polar surface area (TPSA) is 71.6 Å². The molecule has 2 aliphatic heterocycles. The summed E-state index contributed by atoms with van der Waals surface area (Å²) in [6, 6.07) is 0. The lowest BCUT2D eigenvalue weighted by Crippen LogP contribution is -2.45. The van der Waals surface area contributed by atoms with Gasteiger partial charge in [0.2, 0.25) is 0 Å². The molecule has 2 aromatic heterocycles. The second-order valence-electron chi connectivity index (χ2n) is 8.01. The van der Waals surface area contributed by atoms with Gasteiger partial charge in [-0.25, -0.2) is 0 Å². The first kappa shape index (κ1) is 32.7. The number of aliphatic hydroxyl groups excluding tert-OH is 1. The van der Waals surface area contributed by atoms with Gasteiger partial charge >= 0.3 is 0 Å². The summed E-state index contributed by atoms with van der Waals surface area (Å²) in [6.07, 6.45) is 10.3. The molecule has 0 aromatic carbocycles. The zero-order valence-corrected chi connectivity index (χ0v) is 23.9. The first-order valence-electron chi connectivity index (χ1n) is 12.8. The van der Waals surface area contributed by atoms with Gasteiger partial charge in [-0.05, 0) is 44.9 Å². The van der Waals surface area contributed by atoms with Crippen LogP contribution in [-0.4, -0.2) is 93.6 Å². The van der Waals surface area contributed by atoms with Gasteiger partial charge in [-0.2, -0.15) is 10.2 Å². The van der Waals surface area contributed by atoms with Gasteiger partial charge in [0.15, 0.2) is 0 Å². The van der Waals surface area contributed by atoms with Crippen LogP contribution in [0.4, 0.5) is 0 Å². The summed E-state index contributed by atoms with van der Waals surface area (Å²) in [4.78, 5) is 4.89. The van der Waals surface area contributed by atoms with Gasteiger partial charge in [-0.3, -0.25) is 14.3 Å². The molecule has 0 radical (unpaired) electrons. The van der Waals surface area contributed by atoms with Gasteiger partial charge in [-0.1, -0.05) is 27.7 Å². The third-order valence-electron chi connectivity index (χ3n) is 5.14. The van der Waals surface area contributed by atoms with Crippen molar-refractivity contribution in [3.63, 3.8) is 0 Å². The maximum atomic E-state index is 8.83. The lowest BCUT2D eigenvalue weighted by atomic mass is 10.2. The van der Waals surface area contributed by atoms with Crippen LogP contribution >= 0.6 is 9.24 Å². The van der Waals surface area contributed by atoms with Crippen LogP contribution < -0.4 is 0 Å². The number of rotatable bonds is 4. The van der Waals surface area contributed by atoms with Crippen molar-refractivity contribution < 1.29 is 9.84 Å². The minimum atomic E-state index is -0.0891. The number of hydrogen-bond acceptors (Lipinski definition) is 6. The van der Waals surface area contributed by atoms with Crippen molar-refractivity contribution in [2.24, 2.45) is 0 Å². The van der Waals surface area contributed by atoms with Gasteiger partial charge in [-0.15, -0.1) is 9.24 Å². The largest absolute Gasteiger partial charge is 0.393 e. The molecule has 198 valence electrons. The Bertz CT molecular complexity index is 695. The number of likely N-dealkylation sites (N-methyl/N-ethyl adjacent to an activating group) is 1. The normalized spacial score (nSPS) is 16.5. The Morgan fingerprint density at radius 3 is 1.74 bits per heavy atom. The van der Waals surface area contributed by atoms with E-state index in [1.165, 1.54) is 37.3 Å². The second-order valence-corrected chi connectivity index (χ2v) is 8.37. The Labute approximate surface area is 210 Å². The first-order chi connectivity index (χ1) is 16.5. The van der Waals surface area contributed by atoms with E-state index in [9.17, 15) is 0 Å². The summed E-state index contributed by atoms with van der Waals surface area (Å²) < 4.78 is 8.89. The third kappa shape index (κ3) is 15.6. The van der Waals surface area contributed by atoms with E-state index in [1.54, 1.807) is 0 Å². The highest BCUT2D eigenvalue weighted by molar-refractivity contribution is 7.15. The van der Waals surface area contributed by atoms with Gasteiger partial charge < -0.3 is 14.7 Å². The third-order valence-corrected chi connectivity index (χ3v) is 5.52. The predicted octanol–water partition coefficient (Wildman–Crippen LogP) is 3.67. The maximum absolute atomic E-state index is 8.83. The number of nitrogens with zero attached hydrogens (tertiary/aromatic N) is 6. The second kappa shape index (κ2) is 21.0. The van der Waals surface area contributed by atoms with Crippen molar-refractivity contribution in [3.05, 3.63) is 35.9 Å². The SMILES string of the molecule is CC.CC.Cc1cnn(CCN2CCN(C)CC2)c1.Cc1cnn(CP)c1.OC1CCOCC1. The summed E-state index contributed by atoms with van der Waals surface area (Å²) in [5.74, 6) is 0. The van der Waals surface area contributed by atoms with Gasteiger partial charge in [0.1, 0.15) is 0 Å². The molecule has 4 heterocycles. The molecule has 2 saturated heterocycles. The van der Waals surface area contributed by atoms with Crippen LogP contribution in [0.5, 0.6) is 0 Å². The van der Waals surface area contributed by atoms with Gasteiger partial charge in [0.05, 0.1) is 31.3 Å². The Hall–Kier alpha value is -1.31. The number of aliphatic hydroxyl groups is 1. The van der Waals surface area contributed by atoms with E-state index in [4.69, 9.17) is 9.84 Å². The first-order valence-corrected chi connectivity index (χ1v) is 13.6. The highest BCUT2D eigenvalue weighted by Crippen LogP contribution is 2.04. The van der Waals surface area contributed by atoms with Crippen molar-refractivity contribution in [1.29, 1.82) is 0 Å². The van der Waals surface area contributed by atoms with Crippen molar-refractivity contribution >= 4 is 9.24 Å². The molecule has 9 heteroatoms. The highest BCUT2D eigenvalue weighted by Gasteiger charge is 2.13. The number of hydrogen-bond donors (Lipinski definition) is 1. The predicted molar refractivity (Wildman–Crippen MR) is 146 cm³/mol. The van der Waals surface area contributed by atoms with E-state index in [-0.39, 0.29) is 6.10 Å². The van der Waals surface area contributed by atoms with Crippen molar-refractivity contribution in [2.75, 3.05) is 53.0 Å². The van der Waals surface area contributed by atoms with Crippen LogP contribution in [0.25, 0.3) is 0 Å². The molecule has 0 aliphatic carbocycles. The number of aromatic nitrogens is 4. The van der Waals surface area contributed by atoms with E-state index in [0.29, 0.717) is 0 Å². The fourth-order valence-electron chi connectivity index (χ4n) is 3.16. The summed E-state index contributed by atoms with van der Waals surface area (Å²) in [6.45, 7) is 20.5. The van der Waals surface area contributed by atoms with Crippen LogP contribution in [0.15, 0.2) is 24.8 Å². The minimum Gasteiger partial charge on any atom is -0.393 e. The average Bonchev–Trinajstić information content (AvgIpc) is 3.50. The quantitative estimate of drug-likeness (QED) is 0.649. The van der Waals surface area contributed by atoms with Crippen LogP contribution in [0, 0.1) is 13.8 Å². The minimum absolute atomic E-state index is 0.0891. The summed E-state index contributed by atoms with van der Waals surface area (Å²) in [5, 5.41) is 17.2. The molecule has 1 unspecified atom stereocenters. The van der Waals surface area contributed by atoms with E-state index in [1.807, 2.05) is 62.6 Å². The van der Waals surface area contributed by atoms with Crippen LogP contribution in [0.3, 0.4) is 0 Å². The molecule has 0 saturated carbocycles. The zero-order chi connectivity index (χ0) is 25.8. The van der Waals surface area contributed by atoms with Crippen LogP contribution in [0.1, 0.15) is 51.7 Å². The fraction of sp³-hybridized carbons (Fsp3) is 0.760. The molecule has 1 N–H and O–H groups in total. The van der Waals surface area contributed by atoms with E-state index < -0.39 is 0 Å². The molecule has 0 spiro atoms. The van der Waals surface area contributed by atoms with Crippen molar-refractivity contribution in [3.8, 4) is 0 Å². The summed E-state index contributed by atoms with van der Waals surface area (Å²) >= 11 is 0. The van der Waals surface area contributed by atoms with Crippen LogP contribution in [-0.2, 0) is 17.6 Å². The van der Waals surface area contributed by atoms with E-state index in [2.05, 4.69) is 49.4 Å². The smallest absolute Gasteiger partial charge is 0.0584 e. The summed E-state index contributed by atoms with van der Waals surface area (Å²) in [7, 11) is 4.80. The molecule has 34 heavy (non-hydrogen) atoms. The van der Waals surface area contributed by atoms with Gasteiger partial charge in [0.25, 0.3) is 0 Å². The Kier molecular flexibility index (Phi) is 20.2. The molecule has 2 fully saturated rings. The number of piperazine rings is 1. The Morgan fingerprint density at radius 1 is 0.882 bits per heavy atom. The summed E-state index contributed by atoms with van der Waals surface area (Å²) in [5.41, 5.74) is 2.46. The average molecular weight is 499 g/mol. The number of ether oxygens (including phenoxy) is 1. The molecule has 4 rings (SSSR count).